The van der Waals surface area contributed by atoms with E-state index in [1.54, 1.807) is 18.5 Å². The molecule has 2 heterocycles. The summed E-state index contributed by atoms with van der Waals surface area (Å²) in [7, 11) is 0. The molecule has 0 unspecified atom stereocenters. The third-order valence-corrected chi connectivity index (χ3v) is 2.30. The number of Topliss-reactive ketones (excluding diaryl/α,β-unsaturated/α-hetero) is 1. The number of carbonyl (C=O) groups is 1. The number of hydrogen-bond donors (Lipinski definition) is 0. The van der Waals surface area contributed by atoms with E-state index < -0.39 is 0 Å². The van der Waals surface area contributed by atoms with Gasteiger partial charge in [-0.15, -0.1) is 0 Å². The van der Waals surface area contributed by atoms with E-state index >= 15 is 0 Å². The van der Waals surface area contributed by atoms with Gasteiger partial charge in [-0.2, -0.15) is 0 Å². The number of rotatable bonds is 3. The summed E-state index contributed by atoms with van der Waals surface area (Å²) in [5.74, 6) is -0.0191. The molecule has 0 aliphatic carbocycles. The molecule has 0 amide bonds. The minimum atomic E-state index is -0.0191. The molecule has 0 N–H and O–H groups in total. The van der Waals surface area contributed by atoms with Gasteiger partial charge >= 0.3 is 0 Å². The molecule has 3 nitrogen and oxygen atoms in total. The van der Waals surface area contributed by atoms with Crippen molar-refractivity contribution >= 4 is 17.4 Å². The smallest absolute Gasteiger partial charge is 0.162 e. The van der Waals surface area contributed by atoms with Crippen molar-refractivity contribution in [1.29, 1.82) is 0 Å². The molecule has 0 aliphatic rings. The second-order valence-corrected chi connectivity index (χ2v) is 3.58. The Bertz CT molecular complexity index is 533. The highest BCUT2D eigenvalue weighted by Gasteiger charge is 2.08. The lowest BCUT2D eigenvalue weighted by Gasteiger charge is -2.02. The van der Waals surface area contributed by atoms with Gasteiger partial charge in [0.05, 0.1) is 11.4 Å². The molecule has 2 aromatic heterocycles. The number of nitrogens with zero attached hydrogens (tertiary/aromatic N) is 2. The monoisotopic (exact) mass is 224 g/mol. The minimum Gasteiger partial charge on any atom is -0.294 e. The average molecular weight is 224 g/mol. The van der Waals surface area contributed by atoms with Gasteiger partial charge in [0.1, 0.15) is 0 Å². The van der Waals surface area contributed by atoms with E-state index in [4.69, 9.17) is 0 Å². The molecule has 0 saturated carbocycles. The largest absolute Gasteiger partial charge is 0.294 e. The van der Waals surface area contributed by atoms with E-state index in [0.717, 1.165) is 5.69 Å². The molecule has 0 bridgehead atoms. The summed E-state index contributed by atoms with van der Waals surface area (Å²) in [6.45, 7) is 1.53. The fourth-order valence-electron chi connectivity index (χ4n) is 1.49. The number of allylic oxidation sites excluding steroid dienone is 1. The van der Waals surface area contributed by atoms with E-state index in [2.05, 4.69) is 9.97 Å². The van der Waals surface area contributed by atoms with Crippen LogP contribution in [-0.2, 0) is 4.79 Å². The van der Waals surface area contributed by atoms with Crippen LogP contribution in [0.25, 0.3) is 11.6 Å². The molecule has 0 radical (unpaired) electrons. The van der Waals surface area contributed by atoms with Crippen molar-refractivity contribution in [2.75, 3.05) is 0 Å². The summed E-state index contributed by atoms with van der Waals surface area (Å²) >= 11 is 0. The van der Waals surface area contributed by atoms with Gasteiger partial charge in [0, 0.05) is 18.0 Å². The molecule has 0 aliphatic heterocycles. The van der Waals surface area contributed by atoms with Crippen LogP contribution >= 0.6 is 0 Å². The molecule has 0 aromatic carbocycles. The summed E-state index contributed by atoms with van der Waals surface area (Å²) in [4.78, 5) is 20.0. The molecule has 84 valence electrons. The van der Waals surface area contributed by atoms with E-state index in [1.807, 2.05) is 36.4 Å². The molecule has 2 aromatic rings. The second kappa shape index (κ2) is 5.16. The third kappa shape index (κ3) is 2.84. The van der Waals surface area contributed by atoms with Gasteiger partial charge in [-0.1, -0.05) is 12.1 Å². The predicted molar refractivity (Wildman–Crippen MR) is 67.0 cm³/mol. The van der Waals surface area contributed by atoms with Crippen LogP contribution in [-0.4, -0.2) is 15.8 Å². The highest BCUT2D eigenvalue weighted by molar-refractivity contribution is 6.23. The Kier molecular flexibility index (Phi) is 3.40. The van der Waals surface area contributed by atoms with Crippen LogP contribution in [0.4, 0.5) is 0 Å². The maximum absolute atomic E-state index is 11.6. The number of carbonyl (C=O) groups excluding carboxylic acids is 1. The lowest BCUT2D eigenvalue weighted by Crippen LogP contribution is -1.98. The predicted octanol–water partition coefficient (Wildman–Crippen LogP) is 2.61. The average Bonchev–Trinajstić information content (AvgIpc) is 2.38. The number of aromatic nitrogens is 2. The van der Waals surface area contributed by atoms with Gasteiger partial charge < -0.3 is 0 Å². The standard InChI is InChI=1S/C14H12N2O/c1-11(17)13(14-7-3-5-9-16-14)10-12-6-2-4-8-15-12/h2-10H,1H3. The summed E-state index contributed by atoms with van der Waals surface area (Å²) in [6, 6.07) is 11.1. The lowest BCUT2D eigenvalue weighted by molar-refractivity contribution is -0.111. The van der Waals surface area contributed by atoms with Crippen LogP contribution in [0.3, 0.4) is 0 Å². The Labute approximate surface area is 99.9 Å². The van der Waals surface area contributed by atoms with Gasteiger partial charge in [0.15, 0.2) is 5.78 Å². The Morgan fingerprint density at radius 1 is 1.06 bits per heavy atom. The highest BCUT2D eigenvalue weighted by Crippen LogP contribution is 2.15. The maximum Gasteiger partial charge on any atom is 0.162 e. The van der Waals surface area contributed by atoms with E-state index in [0.29, 0.717) is 11.3 Å². The number of pyridine rings is 2. The van der Waals surface area contributed by atoms with Crippen LogP contribution < -0.4 is 0 Å². The number of hydrogen-bond acceptors (Lipinski definition) is 3. The van der Waals surface area contributed by atoms with E-state index in [9.17, 15) is 4.79 Å². The zero-order chi connectivity index (χ0) is 12.1. The van der Waals surface area contributed by atoms with Gasteiger partial charge in [0.2, 0.25) is 0 Å². The molecule has 17 heavy (non-hydrogen) atoms. The topological polar surface area (TPSA) is 42.9 Å². The summed E-state index contributed by atoms with van der Waals surface area (Å²) in [5, 5.41) is 0. The minimum absolute atomic E-state index is 0.0191. The van der Waals surface area contributed by atoms with Crippen molar-refractivity contribution in [3.8, 4) is 0 Å². The summed E-state index contributed by atoms with van der Waals surface area (Å²) < 4.78 is 0. The summed E-state index contributed by atoms with van der Waals surface area (Å²) in [5.41, 5.74) is 2.00. The van der Waals surface area contributed by atoms with Crippen LogP contribution in [0.5, 0.6) is 0 Å². The lowest BCUT2D eigenvalue weighted by atomic mass is 10.1. The Hall–Kier alpha value is -2.29. The molecular formula is C14H12N2O. The Morgan fingerprint density at radius 3 is 2.29 bits per heavy atom. The summed E-state index contributed by atoms with van der Waals surface area (Å²) in [6.07, 6.45) is 5.12. The van der Waals surface area contributed by atoms with Gasteiger partial charge in [-0.05, 0) is 37.3 Å². The van der Waals surface area contributed by atoms with Crippen molar-refractivity contribution in [3.63, 3.8) is 0 Å². The molecule has 0 saturated heterocycles. The van der Waals surface area contributed by atoms with Crippen molar-refractivity contribution in [3.05, 3.63) is 60.2 Å². The third-order valence-electron chi connectivity index (χ3n) is 2.30. The quantitative estimate of drug-likeness (QED) is 0.752. The normalized spacial score (nSPS) is 11.2. The zero-order valence-corrected chi connectivity index (χ0v) is 9.50. The SMILES string of the molecule is CC(=O)C(=Cc1ccccn1)c1ccccn1. The molecule has 0 fully saturated rings. The van der Waals surface area contributed by atoms with Crippen molar-refractivity contribution < 1.29 is 4.79 Å². The molecular weight excluding hydrogens is 212 g/mol. The fraction of sp³-hybridized carbons (Fsp3) is 0.0714. The molecule has 0 spiro atoms. The first-order chi connectivity index (χ1) is 8.27. The van der Waals surface area contributed by atoms with Crippen LogP contribution in [0, 0.1) is 0 Å². The van der Waals surface area contributed by atoms with Crippen LogP contribution in [0.15, 0.2) is 48.8 Å². The van der Waals surface area contributed by atoms with Crippen molar-refractivity contribution in [2.24, 2.45) is 0 Å². The zero-order valence-electron chi connectivity index (χ0n) is 9.50. The van der Waals surface area contributed by atoms with Crippen LogP contribution in [0.2, 0.25) is 0 Å². The first-order valence-corrected chi connectivity index (χ1v) is 5.32. The van der Waals surface area contributed by atoms with E-state index in [-0.39, 0.29) is 5.78 Å². The van der Waals surface area contributed by atoms with Crippen molar-refractivity contribution in [1.82, 2.24) is 9.97 Å². The highest BCUT2D eigenvalue weighted by atomic mass is 16.1. The van der Waals surface area contributed by atoms with Gasteiger partial charge in [-0.3, -0.25) is 14.8 Å². The van der Waals surface area contributed by atoms with Gasteiger partial charge in [-0.25, -0.2) is 0 Å². The van der Waals surface area contributed by atoms with Crippen molar-refractivity contribution in [2.45, 2.75) is 6.92 Å². The Balaban J connectivity index is 2.44. The van der Waals surface area contributed by atoms with Gasteiger partial charge in [0.25, 0.3) is 0 Å². The Morgan fingerprint density at radius 2 is 1.76 bits per heavy atom. The first kappa shape index (κ1) is 11.2. The second-order valence-electron chi connectivity index (χ2n) is 3.58. The number of ketones is 1. The molecule has 2 rings (SSSR count). The maximum atomic E-state index is 11.6. The first-order valence-electron chi connectivity index (χ1n) is 5.32. The molecule has 3 heteroatoms. The fourth-order valence-corrected chi connectivity index (χ4v) is 1.49. The molecule has 0 atom stereocenters. The van der Waals surface area contributed by atoms with Crippen LogP contribution in [0.1, 0.15) is 18.3 Å². The van der Waals surface area contributed by atoms with E-state index in [1.165, 1.54) is 6.92 Å².